The summed E-state index contributed by atoms with van der Waals surface area (Å²) < 4.78 is 33.7. The first kappa shape index (κ1) is 30.5. The lowest BCUT2D eigenvalue weighted by Crippen LogP contribution is -2.58. The Labute approximate surface area is 266 Å². The molecular formula is C31H27Cl2F2N7O3. The van der Waals surface area contributed by atoms with E-state index in [0.717, 1.165) is 12.1 Å². The number of nitrogen functional groups attached to an aromatic ring is 1. The SMILES string of the molecule is C=CC(=O)N1CCN2c3nc(=O)n(-c4c(C)ccnc4C(C)C)c4cc(-c5c(N)c(Cl)cc(Cl)c5F)c(F)c(c34)NC(=O)C2C1. The van der Waals surface area contributed by atoms with Gasteiger partial charge >= 0.3 is 5.69 Å². The highest BCUT2D eigenvalue weighted by Crippen LogP contribution is 2.46. The van der Waals surface area contributed by atoms with Crippen molar-refractivity contribution in [2.45, 2.75) is 32.7 Å². The number of nitrogens with two attached hydrogens (primary N) is 1. The largest absolute Gasteiger partial charge is 0.397 e. The van der Waals surface area contributed by atoms with Crippen molar-refractivity contribution in [2.24, 2.45) is 0 Å². The molecule has 0 saturated carbocycles. The van der Waals surface area contributed by atoms with Crippen LogP contribution in [0, 0.1) is 18.6 Å². The van der Waals surface area contributed by atoms with Crippen LogP contribution in [0.4, 0.5) is 26.0 Å². The number of carbonyl (C=O) groups is 2. The highest BCUT2D eigenvalue weighted by atomic mass is 35.5. The van der Waals surface area contributed by atoms with Gasteiger partial charge in [-0.05, 0) is 42.7 Å². The van der Waals surface area contributed by atoms with Gasteiger partial charge in [0.15, 0.2) is 11.6 Å². The smallest absolute Gasteiger partial charge is 0.354 e. The van der Waals surface area contributed by atoms with Gasteiger partial charge in [-0.15, -0.1) is 0 Å². The molecule has 14 heteroatoms. The van der Waals surface area contributed by atoms with Crippen LogP contribution in [-0.4, -0.2) is 56.9 Å². The van der Waals surface area contributed by atoms with E-state index in [2.05, 4.69) is 21.9 Å². The molecule has 1 saturated heterocycles. The van der Waals surface area contributed by atoms with Gasteiger partial charge in [-0.3, -0.25) is 19.1 Å². The first-order valence-corrected chi connectivity index (χ1v) is 14.8. The average Bonchev–Trinajstić information content (AvgIpc) is 3.12. The quantitative estimate of drug-likeness (QED) is 0.176. The number of amides is 2. The van der Waals surface area contributed by atoms with Crippen LogP contribution in [0.3, 0.4) is 0 Å². The Kier molecular flexibility index (Phi) is 7.52. The third kappa shape index (κ3) is 4.70. The van der Waals surface area contributed by atoms with E-state index >= 15 is 8.78 Å². The molecule has 1 unspecified atom stereocenters. The van der Waals surface area contributed by atoms with E-state index in [-0.39, 0.29) is 64.6 Å². The number of nitrogens with zero attached hydrogens (tertiary/aromatic N) is 5. The lowest BCUT2D eigenvalue weighted by atomic mass is 9.98. The number of halogens is 4. The molecule has 45 heavy (non-hydrogen) atoms. The van der Waals surface area contributed by atoms with Gasteiger partial charge in [0.1, 0.15) is 11.9 Å². The Balaban J connectivity index is 1.77. The Morgan fingerprint density at radius 2 is 1.91 bits per heavy atom. The number of nitrogens with one attached hydrogen (secondary N) is 1. The summed E-state index contributed by atoms with van der Waals surface area (Å²) in [6.07, 6.45) is 2.76. The molecule has 0 bridgehead atoms. The van der Waals surface area contributed by atoms with E-state index < -0.39 is 45.4 Å². The molecule has 2 aliphatic rings. The van der Waals surface area contributed by atoms with E-state index in [9.17, 15) is 14.4 Å². The van der Waals surface area contributed by atoms with Gasteiger partial charge in [0, 0.05) is 30.4 Å². The summed E-state index contributed by atoms with van der Waals surface area (Å²) in [4.78, 5) is 52.2. The lowest BCUT2D eigenvalue weighted by Gasteiger charge is -2.40. The fourth-order valence-corrected chi connectivity index (χ4v) is 6.49. The van der Waals surface area contributed by atoms with Crippen LogP contribution in [0.5, 0.6) is 0 Å². The monoisotopic (exact) mass is 653 g/mol. The number of aromatic nitrogens is 3. The molecule has 6 rings (SSSR count). The van der Waals surface area contributed by atoms with Crippen molar-refractivity contribution in [3.05, 3.63) is 80.5 Å². The van der Waals surface area contributed by atoms with E-state index in [1.165, 1.54) is 15.5 Å². The van der Waals surface area contributed by atoms with Crippen molar-refractivity contribution in [1.29, 1.82) is 0 Å². The molecule has 232 valence electrons. The van der Waals surface area contributed by atoms with Crippen molar-refractivity contribution < 1.29 is 18.4 Å². The second kappa shape index (κ2) is 11.1. The summed E-state index contributed by atoms with van der Waals surface area (Å²) in [7, 11) is 0. The minimum atomic E-state index is -1.04. The van der Waals surface area contributed by atoms with Crippen molar-refractivity contribution in [1.82, 2.24) is 19.4 Å². The number of rotatable bonds is 4. The van der Waals surface area contributed by atoms with Crippen LogP contribution in [-0.2, 0) is 9.59 Å². The normalized spacial score (nSPS) is 16.1. The molecule has 0 aliphatic carbocycles. The van der Waals surface area contributed by atoms with Crippen LogP contribution in [0.2, 0.25) is 10.0 Å². The number of hydrogen-bond donors (Lipinski definition) is 2. The van der Waals surface area contributed by atoms with Gasteiger partial charge in [0.25, 0.3) is 0 Å². The van der Waals surface area contributed by atoms with Crippen molar-refractivity contribution in [3.8, 4) is 16.8 Å². The zero-order valence-corrected chi connectivity index (χ0v) is 25.9. The van der Waals surface area contributed by atoms with E-state index in [1.807, 2.05) is 13.8 Å². The van der Waals surface area contributed by atoms with Gasteiger partial charge in [0.2, 0.25) is 11.8 Å². The minimum Gasteiger partial charge on any atom is -0.397 e. The number of piperazine rings is 1. The van der Waals surface area contributed by atoms with Crippen LogP contribution in [0.15, 0.2) is 41.8 Å². The minimum absolute atomic E-state index is 0.0333. The van der Waals surface area contributed by atoms with Crippen molar-refractivity contribution in [2.75, 3.05) is 35.6 Å². The van der Waals surface area contributed by atoms with Gasteiger partial charge in [-0.2, -0.15) is 4.98 Å². The Morgan fingerprint density at radius 3 is 2.60 bits per heavy atom. The van der Waals surface area contributed by atoms with Crippen molar-refractivity contribution in [3.63, 3.8) is 0 Å². The van der Waals surface area contributed by atoms with E-state index in [1.54, 1.807) is 24.1 Å². The number of pyridine rings is 1. The number of hydrogen-bond acceptors (Lipinski definition) is 7. The van der Waals surface area contributed by atoms with Crippen LogP contribution >= 0.6 is 23.2 Å². The second-order valence-electron chi connectivity index (χ2n) is 11.2. The summed E-state index contributed by atoms with van der Waals surface area (Å²) in [5.41, 5.74) is 5.72. The molecule has 2 aromatic heterocycles. The molecule has 4 aromatic rings. The van der Waals surface area contributed by atoms with Crippen LogP contribution in [0.25, 0.3) is 27.7 Å². The number of anilines is 3. The fraction of sp³-hybridized carbons (Fsp3) is 0.258. The maximum atomic E-state index is 16.8. The van der Waals surface area contributed by atoms with Gasteiger partial charge in [-0.1, -0.05) is 43.6 Å². The number of aryl methyl sites for hydroxylation is 1. The molecule has 2 amide bonds. The maximum absolute atomic E-state index is 16.8. The predicted octanol–water partition coefficient (Wildman–Crippen LogP) is 5.20. The Morgan fingerprint density at radius 1 is 1.18 bits per heavy atom. The number of fused-ring (bicyclic) bond motifs is 2. The lowest BCUT2D eigenvalue weighted by molar-refractivity contribution is -0.128. The molecule has 4 heterocycles. The summed E-state index contributed by atoms with van der Waals surface area (Å²) in [6, 6.07) is 3.08. The summed E-state index contributed by atoms with van der Waals surface area (Å²) in [6.45, 7) is 9.36. The van der Waals surface area contributed by atoms with Gasteiger partial charge in [-0.25, -0.2) is 13.6 Å². The Hall–Kier alpha value is -4.55. The predicted molar refractivity (Wildman–Crippen MR) is 170 cm³/mol. The highest BCUT2D eigenvalue weighted by Gasteiger charge is 2.40. The van der Waals surface area contributed by atoms with E-state index in [4.69, 9.17) is 28.9 Å². The van der Waals surface area contributed by atoms with Gasteiger partial charge in [0.05, 0.1) is 50.2 Å². The summed E-state index contributed by atoms with van der Waals surface area (Å²) in [5.74, 6) is -3.24. The van der Waals surface area contributed by atoms with Crippen LogP contribution < -0.4 is 21.6 Å². The fourth-order valence-electron chi connectivity index (χ4n) is 6.02. The highest BCUT2D eigenvalue weighted by molar-refractivity contribution is 6.37. The topological polar surface area (TPSA) is 126 Å². The Bertz CT molecular complexity index is 2010. The molecule has 3 N–H and O–H groups in total. The third-order valence-corrected chi connectivity index (χ3v) is 8.78. The average molecular weight is 655 g/mol. The van der Waals surface area contributed by atoms with E-state index in [0.29, 0.717) is 16.9 Å². The summed E-state index contributed by atoms with van der Waals surface area (Å²) >= 11 is 12.4. The molecule has 2 aliphatic heterocycles. The molecule has 1 atom stereocenters. The summed E-state index contributed by atoms with van der Waals surface area (Å²) in [5, 5.41) is 2.22. The molecular weight excluding hydrogens is 627 g/mol. The first-order valence-electron chi connectivity index (χ1n) is 14.0. The third-order valence-electron chi connectivity index (χ3n) is 8.19. The first-order chi connectivity index (χ1) is 21.3. The van der Waals surface area contributed by atoms with Gasteiger partial charge < -0.3 is 20.9 Å². The number of carbonyl (C=O) groups excluding carboxylic acids is 2. The number of benzene rings is 2. The zero-order valence-electron chi connectivity index (χ0n) is 24.4. The molecule has 0 spiro atoms. The van der Waals surface area contributed by atoms with Crippen molar-refractivity contribution >= 4 is 63.1 Å². The molecule has 2 aromatic carbocycles. The van der Waals surface area contributed by atoms with Crippen LogP contribution in [0.1, 0.15) is 31.0 Å². The zero-order chi connectivity index (χ0) is 32.5. The standard InChI is InChI=1S/C31H27Cl2F2N7O3/c1-5-20(43)40-8-9-41-19(12-40)30(44)38-27-22-18(10-15(23(27)34)21-24(35)16(32)11-17(33)25(21)36)42(31(45)39-29(22)41)28-14(4)6-7-37-26(28)13(2)3/h5-7,10-11,13,19H,1,8-9,12,36H2,2-4H3,(H,38,44). The second-order valence-corrected chi connectivity index (χ2v) is 12.0. The molecule has 10 nitrogen and oxygen atoms in total. The molecule has 0 radical (unpaired) electrons. The molecule has 1 fully saturated rings. The maximum Gasteiger partial charge on any atom is 0.354 e.